The normalized spacial score (nSPS) is 11.9. The maximum atomic E-state index is 12.1. The summed E-state index contributed by atoms with van der Waals surface area (Å²) in [6.07, 6.45) is 4.23. The van der Waals surface area contributed by atoms with Crippen LogP contribution < -0.4 is 5.32 Å². The fraction of sp³-hybridized carbons (Fsp3) is 0.312. The number of aromatic nitrogens is 2. The minimum Gasteiger partial charge on any atom is -0.480 e. The van der Waals surface area contributed by atoms with Gasteiger partial charge in [-0.15, -0.1) is 0 Å². The van der Waals surface area contributed by atoms with Crippen molar-refractivity contribution in [2.75, 3.05) is 0 Å². The lowest BCUT2D eigenvalue weighted by Crippen LogP contribution is -2.42. The lowest BCUT2D eigenvalue weighted by molar-refractivity contribution is -0.139. The van der Waals surface area contributed by atoms with Gasteiger partial charge >= 0.3 is 5.97 Å². The monoisotopic (exact) mass is 301 g/mol. The minimum atomic E-state index is -1.06. The molecule has 1 aromatic heterocycles. The molecular weight excluding hydrogens is 282 g/mol. The van der Waals surface area contributed by atoms with Crippen LogP contribution in [0.4, 0.5) is 0 Å². The second-order valence-corrected chi connectivity index (χ2v) is 5.05. The Morgan fingerprint density at radius 3 is 2.68 bits per heavy atom. The zero-order valence-corrected chi connectivity index (χ0v) is 12.4. The standard InChI is InChI=1S/C16H19N3O3/c1-2-8-19-11-13(10-17-19)15(20)18-14(16(21)22)9-12-6-4-3-5-7-12/h3-7,10-11,14H,2,8-9H2,1H3,(H,18,20)(H,21,22)/t14-/m0/s1. The van der Waals surface area contributed by atoms with Gasteiger partial charge in [0.1, 0.15) is 6.04 Å². The molecule has 6 nitrogen and oxygen atoms in total. The maximum Gasteiger partial charge on any atom is 0.326 e. The summed E-state index contributed by atoms with van der Waals surface area (Å²) in [6.45, 7) is 2.74. The molecule has 0 aliphatic rings. The molecular formula is C16H19N3O3. The van der Waals surface area contributed by atoms with Crippen molar-refractivity contribution < 1.29 is 14.7 Å². The van der Waals surface area contributed by atoms with Crippen LogP contribution in [0, 0.1) is 0 Å². The summed E-state index contributed by atoms with van der Waals surface area (Å²) >= 11 is 0. The van der Waals surface area contributed by atoms with Crippen molar-refractivity contribution in [2.45, 2.75) is 32.4 Å². The molecule has 1 amide bonds. The van der Waals surface area contributed by atoms with E-state index in [0.717, 1.165) is 18.5 Å². The number of aryl methyl sites for hydroxylation is 1. The summed E-state index contributed by atoms with van der Waals surface area (Å²) in [6, 6.07) is 8.24. The molecule has 0 saturated carbocycles. The molecule has 2 rings (SSSR count). The summed E-state index contributed by atoms with van der Waals surface area (Å²) < 4.78 is 1.67. The van der Waals surface area contributed by atoms with E-state index in [2.05, 4.69) is 10.4 Å². The number of carboxylic acid groups (broad SMARTS) is 1. The second-order valence-electron chi connectivity index (χ2n) is 5.05. The van der Waals surface area contributed by atoms with Crippen molar-refractivity contribution in [1.82, 2.24) is 15.1 Å². The molecule has 116 valence electrons. The first-order valence-electron chi connectivity index (χ1n) is 7.20. The number of benzene rings is 1. The highest BCUT2D eigenvalue weighted by molar-refractivity contribution is 5.96. The number of nitrogens with zero attached hydrogens (tertiary/aromatic N) is 2. The number of carboxylic acids is 1. The fourth-order valence-electron chi connectivity index (χ4n) is 2.12. The van der Waals surface area contributed by atoms with E-state index in [1.54, 1.807) is 10.9 Å². The number of carbonyl (C=O) groups excluding carboxylic acids is 1. The van der Waals surface area contributed by atoms with Crippen LogP contribution in [0.1, 0.15) is 29.3 Å². The number of rotatable bonds is 7. The van der Waals surface area contributed by atoms with Crippen molar-refractivity contribution in [3.63, 3.8) is 0 Å². The van der Waals surface area contributed by atoms with Crippen LogP contribution in [0.2, 0.25) is 0 Å². The van der Waals surface area contributed by atoms with Crippen LogP contribution in [0.15, 0.2) is 42.7 Å². The third-order valence-electron chi connectivity index (χ3n) is 3.23. The number of hydrogen-bond acceptors (Lipinski definition) is 3. The lowest BCUT2D eigenvalue weighted by Gasteiger charge is -2.14. The van der Waals surface area contributed by atoms with Gasteiger partial charge in [-0.05, 0) is 12.0 Å². The molecule has 1 heterocycles. The zero-order valence-electron chi connectivity index (χ0n) is 12.4. The summed E-state index contributed by atoms with van der Waals surface area (Å²) in [5, 5.41) is 15.9. The molecule has 22 heavy (non-hydrogen) atoms. The third kappa shape index (κ3) is 4.18. The lowest BCUT2D eigenvalue weighted by atomic mass is 10.1. The highest BCUT2D eigenvalue weighted by Gasteiger charge is 2.21. The van der Waals surface area contributed by atoms with Gasteiger partial charge in [-0.3, -0.25) is 9.48 Å². The van der Waals surface area contributed by atoms with Gasteiger partial charge in [0.15, 0.2) is 0 Å². The van der Waals surface area contributed by atoms with Crippen LogP contribution in [0.5, 0.6) is 0 Å². The molecule has 0 spiro atoms. The van der Waals surface area contributed by atoms with E-state index in [9.17, 15) is 14.7 Å². The summed E-state index contributed by atoms with van der Waals surface area (Å²) in [5.74, 6) is -1.48. The topological polar surface area (TPSA) is 84.2 Å². The van der Waals surface area contributed by atoms with E-state index in [1.807, 2.05) is 37.3 Å². The molecule has 1 atom stereocenters. The highest BCUT2D eigenvalue weighted by Crippen LogP contribution is 2.05. The van der Waals surface area contributed by atoms with Gasteiger partial charge in [-0.25, -0.2) is 4.79 Å². The van der Waals surface area contributed by atoms with E-state index >= 15 is 0 Å². The van der Waals surface area contributed by atoms with E-state index in [1.165, 1.54) is 6.20 Å². The number of carbonyl (C=O) groups is 2. The van der Waals surface area contributed by atoms with Gasteiger partial charge in [-0.2, -0.15) is 5.10 Å². The Hall–Kier alpha value is -2.63. The van der Waals surface area contributed by atoms with Crippen molar-refractivity contribution in [3.05, 3.63) is 53.9 Å². The van der Waals surface area contributed by atoms with Crippen LogP contribution in [-0.4, -0.2) is 32.8 Å². The van der Waals surface area contributed by atoms with E-state index in [-0.39, 0.29) is 6.42 Å². The van der Waals surface area contributed by atoms with Gasteiger partial charge in [0.2, 0.25) is 0 Å². The largest absolute Gasteiger partial charge is 0.480 e. The van der Waals surface area contributed by atoms with Crippen molar-refractivity contribution in [2.24, 2.45) is 0 Å². The van der Waals surface area contributed by atoms with Crippen molar-refractivity contribution in [1.29, 1.82) is 0 Å². The third-order valence-corrected chi connectivity index (χ3v) is 3.23. The van der Waals surface area contributed by atoms with Gasteiger partial charge < -0.3 is 10.4 Å². The molecule has 0 saturated heterocycles. The quantitative estimate of drug-likeness (QED) is 0.815. The van der Waals surface area contributed by atoms with E-state index < -0.39 is 17.9 Å². The first kappa shape index (κ1) is 15.8. The Morgan fingerprint density at radius 2 is 2.05 bits per heavy atom. The molecule has 2 aromatic rings. The van der Waals surface area contributed by atoms with E-state index in [4.69, 9.17) is 0 Å². The molecule has 2 N–H and O–H groups in total. The number of hydrogen-bond donors (Lipinski definition) is 2. The van der Waals surface area contributed by atoms with Gasteiger partial charge in [0.25, 0.3) is 5.91 Å². The van der Waals surface area contributed by atoms with Gasteiger partial charge in [0.05, 0.1) is 11.8 Å². The predicted molar refractivity (Wildman–Crippen MR) is 81.6 cm³/mol. The van der Waals surface area contributed by atoms with Gasteiger partial charge in [0, 0.05) is 19.2 Å². The number of aliphatic carboxylic acids is 1. The Morgan fingerprint density at radius 1 is 1.32 bits per heavy atom. The molecule has 0 fully saturated rings. The van der Waals surface area contributed by atoms with E-state index in [0.29, 0.717) is 5.56 Å². The highest BCUT2D eigenvalue weighted by atomic mass is 16.4. The molecule has 0 aliphatic heterocycles. The second kappa shape index (κ2) is 7.40. The first-order chi connectivity index (χ1) is 10.6. The smallest absolute Gasteiger partial charge is 0.326 e. The molecule has 0 radical (unpaired) electrons. The summed E-state index contributed by atoms with van der Waals surface area (Å²) in [7, 11) is 0. The van der Waals surface area contributed by atoms with Crippen LogP contribution in [0.3, 0.4) is 0 Å². The molecule has 1 aromatic carbocycles. The summed E-state index contributed by atoms with van der Waals surface area (Å²) in [5.41, 5.74) is 1.23. The molecule has 6 heteroatoms. The van der Waals surface area contributed by atoms with Crippen molar-refractivity contribution >= 4 is 11.9 Å². The Kier molecular flexibility index (Phi) is 5.30. The fourth-order valence-corrected chi connectivity index (χ4v) is 2.12. The maximum absolute atomic E-state index is 12.1. The van der Waals surface area contributed by atoms with Crippen LogP contribution in [-0.2, 0) is 17.8 Å². The number of nitrogens with one attached hydrogen (secondary N) is 1. The zero-order chi connectivity index (χ0) is 15.9. The van der Waals surface area contributed by atoms with Crippen LogP contribution >= 0.6 is 0 Å². The molecule has 0 bridgehead atoms. The van der Waals surface area contributed by atoms with Gasteiger partial charge in [-0.1, -0.05) is 37.3 Å². The SMILES string of the molecule is CCCn1cc(C(=O)N[C@@H](Cc2ccccc2)C(=O)O)cn1. The summed E-state index contributed by atoms with van der Waals surface area (Å²) in [4.78, 5) is 23.5. The average Bonchev–Trinajstić information content (AvgIpc) is 2.96. The Balaban J connectivity index is 2.03. The first-order valence-corrected chi connectivity index (χ1v) is 7.20. The minimum absolute atomic E-state index is 0.241. The van der Waals surface area contributed by atoms with Crippen LogP contribution in [0.25, 0.3) is 0 Å². The Labute approximate surface area is 128 Å². The molecule has 0 unspecified atom stereocenters. The Bertz CT molecular complexity index is 637. The van der Waals surface area contributed by atoms with Crippen molar-refractivity contribution in [3.8, 4) is 0 Å². The predicted octanol–water partition coefficient (Wildman–Crippen LogP) is 1.72. The average molecular weight is 301 g/mol. The number of amides is 1. The molecule has 0 aliphatic carbocycles.